The molecule has 0 saturated heterocycles. The molecule has 0 spiro atoms. The number of nitrogens with zero attached hydrogens (tertiary/aromatic N) is 1. The summed E-state index contributed by atoms with van der Waals surface area (Å²) in [5.74, 6) is 0. The maximum atomic E-state index is 3.37. The topological polar surface area (TPSA) is 27.3 Å². The highest BCUT2D eigenvalue weighted by atomic mass is 15.1. The molecule has 3 heteroatoms. The summed E-state index contributed by atoms with van der Waals surface area (Å²) < 4.78 is 0. The van der Waals surface area contributed by atoms with Crippen molar-refractivity contribution in [2.24, 2.45) is 0 Å². The van der Waals surface area contributed by atoms with Crippen LogP contribution in [0, 0.1) is 0 Å². The second-order valence-electron chi connectivity index (χ2n) is 3.85. The highest BCUT2D eigenvalue weighted by Gasteiger charge is 2.00. The fraction of sp³-hybridized carbons (Fsp3) is 1.00. The van der Waals surface area contributed by atoms with Crippen LogP contribution in [0.15, 0.2) is 0 Å². The first kappa shape index (κ1) is 14.9. The van der Waals surface area contributed by atoms with E-state index in [2.05, 4.69) is 36.3 Å². The van der Waals surface area contributed by atoms with E-state index >= 15 is 0 Å². The minimum atomic E-state index is 1.09. The van der Waals surface area contributed by atoms with Crippen LogP contribution in [-0.2, 0) is 0 Å². The van der Waals surface area contributed by atoms with Crippen molar-refractivity contribution >= 4 is 0 Å². The molecule has 0 aliphatic rings. The molecule has 0 heterocycles. The van der Waals surface area contributed by atoms with E-state index < -0.39 is 0 Å². The first-order valence-electron chi connectivity index (χ1n) is 6.48. The highest BCUT2D eigenvalue weighted by molar-refractivity contribution is 4.58. The number of nitrogens with one attached hydrogen (secondary N) is 2. The molecular formula is C12H29N3. The van der Waals surface area contributed by atoms with Gasteiger partial charge in [0.1, 0.15) is 0 Å². The van der Waals surface area contributed by atoms with E-state index in [1.807, 2.05) is 0 Å². The minimum absolute atomic E-state index is 1.09. The van der Waals surface area contributed by atoms with Crippen LogP contribution in [0.1, 0.15) is 33.6 Å². The van der Waals surface area contributed by atoms with Gasteiger partial charge in [-0.05, 0) is 58.7 Å². The molecule has 0 rings (SSSR count). The van der Waals surface area contributed by atoms with Crippen LogP contribution in [-0.4, -0.2) is 50.7 Å². The zero-order valence-electron chi connectivity index (χ0n) is 10.8. The van der Waals surface area contributed by atoms with Crippen molar-refractivity contribution in [3.05, 3.63) is 0 Å². The van der Waals surface area contributed by atoms with Crippen LogP contribution < -0.4 is 10.6 Å². The summed E-state index contributed by atoms with van der Waals surface area (Å²) in [6, 6.07) is 0. The van der Waals surface area contributed by atoms with Gasteiger partial charge in [-0.3, -0.25) is 0 Å². The fourth-order valence-corrected chi connectivity index (χ4v) is 1.64. The largest absolute Gasteiger partial charge is 0.317 e. The fourth-order valence-electron chi connectivity index (χ4n) is 1.64. The number of hydrogen-bond donors (Lipinski definition) is 2. The Kier molecular flexibility index (Phi) is 11.9. The maximum Gasteiger partial charge on any atom is -0.000675 e. The van der Waals surface area contributed by atoms with Crippen molar-refractivity contribution in [3.8, 4) is 0 Å². The van der Waals surface area contributed by atoms with Crippen LogP contribution in [0.3, 0.4) is 0 Å². The van der Waals surface area contributed by atoms with Gasteiger partial charge in [0.05, 0.1) is 0 Å². The van der Waals surface area contributed by atoms with Gasteiger partial charge >= 0.3 is 0 Å². The Morgan fingerprint density at radius 1 is 0.800 bits per heavy atom. The van der Waals surface area contributed by atoms with Gasteiger partial charge in [-0.25, -0.2) is 0 Å². The van der Waals surface area contributed by atoms with Crippen molar-refractivity contribution in [3.63, 3.8) is 0 Å². The lowest BCUT2D eigenvalue weighted by Crippen LogP contribution is -2.30. The predicted molar refractivity (Wildman–Crippen MR) is 68.4 cm³/mol. The third-order valence-corrected chi connectivity index (χ3v) is 2.60. The molecule has 0 saturated carbocycles. The van der Waals surface area contributed by atoms with E-state index in [9.17, 15) is 0 Å². The zero-order valence-corrected chi connectivity index (χ0v) is 10.8. The van der Waals surface area contributed by atoms with Crippen LogP contribution in [0.4, 0.5) is 0 Å². The third kappa shape index (κ3) is 10.2. The van der Waals surface area contributed by atoms with Gasteiger partial charge in [0.25, 0.3) is 0 Å². The van der Waals surface area contributed by atoms with Crippen molar-refractivity contribution < 1.29 is 0 Å². The molecule has 92 valence electrons. The molecule has 0 bridgehead atoms. The van der Waals surface area contributed by atoms with Gasteiger partial charge in [-0.1, -0.05) is 20.8 Å². The summed E-state index contributed by atoms with van der Waals surface area (Å²) in [5, 5.41) is 6.73. The lowest BCUT2D eigenvalue weighted by atomic mass is 10.3. The van der Waals surface area contributed by atoms with Crippen molar-refractivity contribution in [1.82, 2.24) is 15.5 Å². The summed E-state index contributed by atoms with van der Waals surface area (Å²) in [5.41, 5.74) is 0. The molecule has 0 unspecified atom stereocenters. The predicted octanol–water partition coefficient (Wildman–Crippen LogP) is 1.31. The van der Waals surface area contributed by atoms with Gasteiger partial charge < -0.3 is 15.5 Å². The van der Waals surface area contributed by atoms with E-state index in [4.69, 9.17) is 0 Å². The second kappa shape index (κ2) is 12.0. The molecule has 0 aromatic heterocycles. The van der Waals surface area contributed by atoms with Crippen LogP contribution >= 0.6 is 0 Å². The Morgan fingerprint density at radius 3 is 1.60 bits per heavy atom. The highest BCUT2D eigenvalue weighted by Crippen LogP contribution is 1.92. The zero-order chi connectivity index (χ0) is 11.4. The Morgan fingerprint density at radius 2 is 1.27 bits per heavy atom. The molecular weight excluding hydrogens is 186 g/mol. The molecule has 15 heavy (non-hydrogen) atoms. The Balaban J connectivity index is 3.29. The quantitative estimate of drug-likeness (QED) is 0.509. The molecule has 0 aliphatic carbocycles. The third-order valence-electron chi connectivity index (χ3n) is 2.60. The van der Waals surface area contributed by atoms with Crippen molar-refractivity contribution in [2.75, 3.05) is 45.8 Å². The normalized spacial score (nSPS) is 11.2. The van der Waals surface area contributed by atoms with Gasteiger partial charge in [-0.2, -0.15) is 0 Å². The second-order valence-corrected chi connectivity index (χ2v) is 3.85. The average Bonchev–Trinajstić information content (AvgIpc) is 2.27. The average molecular weight is 215 g/mol. The van der Waals surface area contributed by atoms with Gasteiger partial charge in [0.15, 0.2) is 0 Å². The van der Waals surface area contributed by atoms with Gasteiger partial charge in [-0.15, -0.1) is 0 Å². The lowest BCUT2D eigenvalue weighted by Gasteiger charge is -2.20. The van der Waals surface area contributed by atoms with Gasteiger partial charge in [0, 0.05) is 0 Å². The molecule has 0 radical (unpaired) electrons. The summed E-state index contributed by atoms with van der Waals surface area (Å²) in [7, 11) is 0. The SMILES string of the molecule is CCNCCCN(CC)CCCNCC. The molecule has 0 aliphatic heterocycles. The summed E-state index contributed by atoms with van der Waals surface area (Å²) in [6.07, 6.45) is 2.53. The lowest BCUT2D eigenvalue weighted by molar-refractivity contribution is 0.278. The number of hydrogen-bond acceptors (Lipinski definition) is 3. The first-order chi connectivity index (χ1) is 7.35. The Labute approximate surface area is 95.6 Å². The monoisotopic (exact) mass is 215 g/mol. The van der Waals surface area contributed by atoms with E-state index in [0.29, 0.717) is 0 Å². The van der Waals surface area contributed by atoms with E-state index in [1.54, 1.807) is 0 Å². The molecule has 3 nitrogen and oxygen atoms in total. The molecule has 0 aromatic carbocycles. The van der Waals surface area contributed by atoms with Crippen molar-refractivity contribution in [1.29, 1.82) is 0 Å². The Hall–Kier alpha value is -0.120. The maximum absolute atomic E-state index is 3.37. The summed E-state index contributed by atoms with van der Waals surface area (Å²) >= 11 is 0. The van der Waals surface area contributed by atoms with Gasteiger partial charge in [0.2, 0.25) is 0 Å². The Bertz CT molecular complexity index is 105. The molecule has 2 N–H and O–H groups in total. The molecule has 0 aromatic rings. The minimum Gasteiger partial charge on any atom is -0.317 e. The van der Waals surface area contributed by atoms with Crippen LogP contribution in [0.2, 0.25) is 0 Å². The van der Waals surface area contributed by atoms with E-state index in [-0.39, 0.29) is 0 Å². The van der Waals surface area contributed by atoms with E-state index in [1.165, 1.54) is 32.5 Å². The van der Waals surface area contributed by atoms with Crippen LogP contribution in [0.5, 0.6) is 0 Å². The smallest absolute Gasteiger partial charge is 0.000675 e. The van der Waals surface area contributed by atoms with E-state index in [0.717, 1.165) is 26.2 Å². The van der Waals surface area contributed by atoms with Crippen molar-refractivity contribution in [2.45, 2.75) is 33.6 Å². The molecule has 0 fully saturated rings. The standard InChI is InChI=1S/C12H29N3/c1-4-13-9-7-11-15(6-3)12-8-10-14-5-2/h13-14H,4-12H2,1-3H3. The summed E-state index contributed by atoms with van der Waals surface area (Å²) in [6.45, 7) is 14.7. The molecule has 0 atom stereocenters. The number of rotatable bonds is 11. The summed E-state index contributed by atoms with van der Waals surface area (Å²) in [4.78, 5) is 2.54. The first-order valence-corrected chi connectivity index (χ1v) is 6.48. The molecule has 0 amide bonds. The van der Waals surface area contributed by atoms with Crippen LogP contribution in [0.25, 0.3) is 0 Å².